The second kappa shape index (κ2) is 4.97. The summed E-state index contributed by atoms with van der Waals surface area (Å²) < 4.78 is 0. The van der Waals surface area contributed by atoms with E-state index in [2.05, 4.69) is 30.2 Å². The summed E-state index contributed by atoms with van der Waals surface area (Å²) in [4.78, 5) is 4.16. The molecule has 0 aromatic carbocycles. The quantitative estimate of drug-likeness (QED) is 0.766. The van der Waals surface area contributed by atoms with Gasteiger partial charge in [-0.3, -0.25) is 4.98 Å². The van der Waals surface area contributed by atoms with Gasteiger partial charge in [-0.2, -0.15) is 0 Å². The van der Waals surface area contributed by atoms with E-state index in [1.807, 2.05) is 19.4 Å². The monoisotopic (exact) mass is 178 g/mol. The maximum Gasteiger partial charge on any atom is 0.0335 e. The molecule has 0 aliphatic carbocycles. The lowest BCUT2D eigenvalue weighted by Gasteiger charge is -2.17. The van der Waals surface area contributed by atoms with E-state index in [4.69, 9.17) is 0 Å². The van der Waals surface area contributed by atoms with Gasteiger partial charge in [0.15, 0.2) is 0 Å². The molecule has 2 heteroatoms. The highest BCUT2D eigenvalue weighted by Gasteiger charge is 2.09. The van der Waals surface area contributed by atoms with E-state index in [0.29, 0.717) is 6.04 Å². The molecule has 1 atom stereocenters. The maximum atomic E-state index is 4.16. The molecule has 0 saturated heterocycles. The summed E-state index contributed by atoms with van der Waals surface area (Å²) in [7, 11) is 2.01. The summed E-state index contributed by atoms with van der Waals surface area (Å²) in [6.45, 7) is 4.34. The van der Waals surface area contributed by atoms with Gasteiger partial charge in [0, 0.05) is 18.4 Å². The minimum Gasteiger partial charge on any atom is -0.313 e. The van der Waals surface area contributed by atoms with Crippen LogP contribution >= 0.6 is 0 Å². The van der Waals surface area contributed by atoms with Crippen molar-refractivity contribution in [1.82, 2.24) is 10.3 Å². The number of aryl methyl sites for hydroxylation is 1. The Balaban J connectivity index is 2.84. The zero-order chi connectivity index (χ0) is 9.68. The largest absolute Gasteiger partial charge is 0.313 e. The van der Waals surface area contributed by atoms with Crippen LogP contribution in [0.25, 0.3) is 0 Å². The molecule has 1 aromatic heterocycles. The van der Waals surface area contributed by atoms with E-state index in [9.17, 15) is 0 Å². The number of pyridine rings is 1. The van der Waals surface area contributed by atoms with Crippen molar-refractivity contribution in [2.75, 3.05) is 7.05 Å². The van der Waals surface area contributed by atoms with E-state index in [0.717, 1.165) is 0 Å². The molecule has 13 heavy (non-hydrogen) atoms. The molecular formula is C11H18N2. The number of aromatic nitrogens is 1. The molecule has 1 N–H and O–H groups in total. The van der Waals surface area contributed by atoms with Gasteiger partial charge in [-0.15, -0.1) is 0 Å². The van der Waals surface area contributed by atoms with Crippen LogP contribution in [0.2, 0.25) is 0 Å². The van der Waals surface area contributed by atoms with Crippen molar-refractivity contribution in [1.29, 1.82) is 0 Å². The Bertz CT molecular complexity index is 258. The fourth-order valence-electron chi connectivity index (χ4n) is 1.59. The highest BCUT2D eigenvalue weighted by Crippen LogP contribution is 2.19. The summed E-state index contributed by atoms with van der Waals surface area (Å²) in [5.41, 5.74) is 2.65. The Morgan fingerprint density at radius 2 is 2.31 bits per heavy atom. The van der Waals surface area contributed by atoms with Crippen molar-refractivity contribution in [3.63, 3.8) is 0 Å². The van der Waals surface area contributed by atoms with Gasteiger partial charge < -0.3 is 5.32 Å². The summed E-state index contributed by atoms with van der Waals surface area (Å²) >= 11 is 0. The average Bonchev–Trinajstić information content (AvgIpc) is 2.16. The summed E-state index contributed by atoms with van der Waals surface area (Å²) in [5.74, 6) is 0. The number of rotatable bonds is 4. The Kier molecular flexibility index (Phi) is 3.90. The van der Waals surface area contributed by atoms with Crippen LogP contribution in [-0.4, -0.2) is 12.0 Å². The molecule has 1 unspecified atom stereocenters. The van der Waals surface area contributed by atoms with Crippen molar-refractivity contribution < 1.29 is 0 Å². The molecular weight excluding hydrogens is 160 g/mol. The van der Waals surface area contributed by atoms with Crippen LogP contribution in [0.5, 0.6) is 0 Å². The summed E-state index contributed by atoms with van der Waals surface area (Å²) in [5, 5.41) is 3.32. The number of hydrogen-bond acceptors (Lipinski definition) is 2. The van der Waals surface area contributed by atoms with Gasteiger partial charge in [-0.1, -0.05) is 13.3 Å². The number of nitrogens with zero attached hydrogens (tertiary/aromatic N) is 1. The molecule has 2 nitrogen and oxygen atoms in total. The Morgan fingerprint density at radius 1 is 1.54 bits per heavy atom. The van der Waals surface area contributed by atoms with E-state index in [1.54, 1.807) is 0 Å². The first-order valence-electron chi connectivity index (χ1n) is 4.87. The number of nitrogens with one attached hydrogen (secondary N) is 1. The Morgan fingerprint density at radius 3 is 2.85 bits per heavy atom. The molecule has 0 radical (unpaired) electrons. The van der Waals surface area contributed by atoms with Crippen LogP contribution in [-0.2, 0) is 0 Å². The number of hydrogen-bond donors (Lipinski definition) is 1. The third kappa shape index (κ3) is 2.52. The first kappa shape index (κ1) is 10.2. The third-order valence-corrected chi connectivity index (χ3v) is 2.38. The smallest absolute Gasteiger partial charge is 0.0335 e. The molecule has 0 amide bonds. The van der Waals surface area contributed by atoms with Crippen LogP contribution in [0.4, 0.5) is 0 Å². The molecule has 1 aromatic rings. The highest BCUT2D eigenvalue weighted by atomic mass is 14.9. The average molecular weight is 178 g/mol. The molecule has 0 aliphatic heterocycles. The minimum absolute atomic E-state index is 0.457. The van der Waals surface area contributed by atoms with Crippen molar-refractivity contribution in [3.8, 4) is 0 Å². The highest BCUT2D eigenvalue weighted by molar-refractivity contribution is 5.24. The van der Waals surface area contributed by atoms with Crippen molar-refractivity contribution >= 4 is 0 Å². The minimum atomic E-state index is 0.457. The molecule has 0 saturated carbocycles. The molecule has 0 bridgehead atoms. The second-order valence-corrected chi connectivity index (χ2v) is 3.36. The van der Waals surface area contributed by atoms with Crippen LogP contribution < -0.4 is 5.32 Å². The normalized spacial score (nSPS) is 12.8. The fraction of sp³-hybridized carbons (Fsp3) is 0.545. The van der Waals surface area contributed by atoms with Crippen LogP contribution in [0.3, 0.4) is 0 Å². The van der Waals surface area contributed by atoms with Gasteiger partial charge >= 0.3 is 0 Å². The lowest BCUT2D eigenvalue weighted by Crippen LogP contribution is -2.17. The maximum absolute atomic E-state index is 4.16. The van der Waals surface area contributed by atoms with Crippen molar-refractivity contribution in [3.05, 3.63) is 29.6 Å². The van der Waals surface area contributed by atoms with Crippen LogP contribution in [0.15, 0.2) is 18.5 Å². The molecule has 1 rings (SSSR count). The lowest BCUT2D eigenvalue weighted by molar-refractivity contribution is 0.537. The van der Waals surface area contributed by atoms with Gasteiger partial charge in [-0.05, 0) is 37.6 Å². The standard InChI is InChI=1S/C11H18N2/c1-4-5-11(12-3)10-8-13-7-6-9(10)2/h6-8,11-12H,4-5H2,1-3H3. The van der Waals surface area contributed by atoms with Gasteiger partial charge in [-0.25, -0.2) is 0 Å². The predicted molar refractivity (Wildman–Crippen MR) is 55.7 cm³/mol. The van der Waals surface area contributed by atoms with E-state index in [-0.39, 0.29) is 0 Å². The van der Waals surface area contributed by atoms with Crippen molar-refractivity contribution in [2.45, 2.75) is 32.7 Å². The third-order valence-electron chi connectivity index (χ3n) is 2.38. The lowest BCUT2D eigenvalue weighted by atomic mass is 10.0. The Hall–Kier alpha value is -0.890. The van der Waals surface area contributed by atoms with E-state index in [1.165, 1.54) is 24.0 Å². The molecule has 72 valence electrons. The van der Waals surface area contributed by atoms with Crippen LogP contribution in [0.1, 0.15) is 36.9 Å². The summed E-state index contributed by atoms with van der Waals surface area (Å²) in [6, 6.07) is 2.52. The van der Waals surface area contributed by atoms with Gasteiger partial charge in [0.25, 0.3) is 0 Å². The van der Waals surface area contributed by atoms with Crippen molar-refractivity contribution in [2.24, 2.45) is 0 Å². The molecule has 0 fully saturated rings. The zero-order valence-corrected chi connectivity index (χ0v) is 8.67. The van der Waals surface area contributed by atoms with Gasteiger partial charge in [0.05, 0.1) is 0 Å². The van der Waals surface area contributed by atoms with E-state index >= 15 is 0 Å². The Labute approximate surface area is 80.4 Å². The van der Waals surface area contributed by atoms with Gasteiger partial charge in [0.2, 0.25) is 0 Å². The van der Waals surface area contributed by atoms with E-state index < -0.39 is 0 Å². The zero-order valence-electron chi connectivity index (χ0n) is 8.67. The molecule has 0 aliphatic rings. The first-order valence-corrected chi connectivity index (χ1v) is 4.87. The SMILES string of the molecule is CCCC(NC)c1cnccc1C. The topological polar surface area (TPSA) is 24.9 Å². The summed E-state index contributed by atoms with van der Waals surface area (Å²) in [6.07, 6.45) is 6.17. The molecule has 1 heterocycles. The first-order chi connectivity index (χ1) is 6.29. The predicted octanol–water partition coefficient (Wildman–Crippen LogP) is 2.45. The second-order valence-electron chi connectivity index (χ2n) is 3.36. The fourth-order valence-corrected chi connectivity index (χ4v) is 1.59. The molecule has 0 spiro atoms. The van der Waals surface area contributed by atoms with Crippen LogP contribution in [0, 0.1) is 6.92 Å². The van der Waals surface area contributed by atoms with Gasteiger partial charge in [0.1, 0.15) is 0 Å².